The van der Waals surface area contributed by atoms with Gasteiger partial charge in [-0.1, -0.05) is 6.07 Å². The molecule has 0 saturated carbocycles. The van der Waals surface area contributed by atoms with E-state index in [9.17, 15) is 4.79 Å². The Balaban J connectivity index is 2.61. The molecule has 0 N–H and O–H groups in total. The largest absolute Gasteiger partial charge is 0.482 e. The summed E-state index contributed by atoms with van der Waals surface area (Å²) in [5.41, 5.74) is 0.871. The molecule has 6 heteroatoms. The van der Waals surface area contributed by atoms with E-state index in [-0.39, 0.29) is 5.69 Å². The molecule has 0 bridgehead atoms. The number of carbonyl (C=O) groups excluding carboxylic acids is 1. The van der Waals surface area contributed by atoms with E-state index >= 15 is 0 Å². The number of pyridine rings is 1. The zero-order valence-corrected chi connectivity index (χ0v) is 11.0. The second kappa shape index (κ2) is 4.75. The van der Waals surface area contributed by atoms with Crippen molar-refractivity contribution in [3.63, 3.8) is 0 Å². The number of methoxy groups -OCH3 is 1. The molecule has 2 aromatic rings. The van der Waals surface area contributed by atoms with Crippen LogP contribution < -0.4 is 4.74 Å². The zero-order chi connectivity index (χ0) is 12.4. The van der Waals surface area contributed by atoms with Crippen molar-refractivity contribution in [3.8, 4) is 5.88 Å². The van der Waals surface area contributed by atoms with Gasteiger partial charge in [0.1, 0.15) is 10.3 Å². The van der Waals surface area contributed by atoms with Gasteiger partial charge in [0, 0.05) is 0 Å². The second-order valence-corrected chi connectivity index (χ2v) is 3.98. The summed E-state index contributed by atoms with van der Waals surface area (Å²) in [6.45, 7) is 2.07. The molecule has 0 aliphatic carbocycles. The predicted molar refractivity (Wildman–Crippen MR) is 65.4 cm³/mol. The lowest BCUT2D eigenvalue weighted by atomic mass is 10.4. The van der Waals surface area contributed by atoms with E-state index in [0.717, 1.165) is 0 Å². The maximum atomic E-state index is 11.7. The molecule has 2 aromatic heterocycles. The summed E-state index contributed by atoms with van der Waals surface area (Å²) in [6.07, 6.45) is 0. The molecule has 0 amide bonds. The number of aromatic nitrogens is 2. The van der Waals surface area contributed by atoms with E-state index in [0.29, 0.717) is 22.7 Å². The summed E-state index contributed by atoms with van der Waals surface area (Å²) < 4.78 is 12.4. The lowest BCUT2D eigenvalue weighted by Crippen LogP contribution is -2.05. The van der Waals surface area contributed by atoms with Crippen LogP contribution in [-0.2, 0) is 4.74 Å². The van der Waals surface area contributed by atoms with E-state index in [4.69, 9.17) is 9.47 Å². The summed E-state index contributed by atoms with van der Waals surface area (Å²) in [4.78, 5) is 15.9. The maximum Gasteiger partial charge on any atom is 0.359 e. The summed E-state index contributed by atoms with van der Waals surface area (Å²) in [5.74, 6) is 0.141. The Hall–Kier alpha value is -1.56. The Morgan fingerprint density at radius 3 is 2.94 bits per heavy atom. The zero-order valence-electron chi connectivity index (χ0n) is 9.44. The van der Waals surface area contributed by atoms with Crippen LogP contribution in [-0.4, -0.2) is 29.1 Å². The number of carbonyl (C=O) groups is 1. The lowest BCUT2D eigenvalue weighted by molar-refractivity contribution is 0.0519. The molecular formula is C11H11BrN2O3. The minimum Gasteiger partial charge on any atom is -0.482 e. The van der Waals surface area contributed by atoms with Crippen LogP contribution in [0.2, 0.25) is 0 Å². The van der Waals surface area contributed by atoms with Crippen molar-refractivity contribution in [3.05, 3.63) is 28.5 Å². The standard InChI is InChI=1S/C11H11BrN2O3/c1-3-17-11(15)9-10(12)14-7(13-9)5-4-6-8(14)16-2/h4-6H,3H2,1-2H3. The van der Waals surface area contributed by atoms with Crippen molar-refractivity contribution in [2.45, 2.75) is 6.92 Å². The smallest absolute Gasteiger partial charge is 0.359 e. The van der Waals surface area contributed by atoms with E-state index in [1.807, 2.05) is 6.07 Å². The molecule has 0 radical (unpaired) electrons. The maximum absolute atomic E-state index is 11.7. The Labute approximate surface area is 106 Å². The van der Waals surface area contributed by atoms with Crippen molar-refractivity contribution in [1.29, 1.82) is 0 Å². The molecule has 2 rings (SSSR count). The molecule has 0 aromatic carbocycles. The number of fused-ring (bicyclic) bond motifs is 1. The van der Waals surface area contributed by atoms with Gasteiger partial charge in [-0.15, -0.1) is 0 Å². The first-order valence-corrected chi connectivity index (χ1v) is 5.86. The average Bonchev–Trinajstić information content (AvgIpc) is 2.67. The first-order valence-electron chi connectivity index (χ1n) is 5.07. The fraction of sp³-hybridized carbons (Fsp3) is 0.273. The van der Waals surface area contributed by atoms with Crippen molar-refractivity contribution in [2.75, 3.05) is 13.7 Å². The summed E-state index contributed by atoms with van der Waals surface area (Å²) in [6, 6.07) is 5.38. The number of hydrogen-bond donors (Lipinski definition) is 0. The topological polar surface area (TPSA) is 52.8 Å². The van der Waals surface area contributed by atoms with Crippen LogP contribution >= 0.6 is 15.9 Å². The van der Waals surface area contributed by atoms with E-state index in [2.05, 4.69) is 20.9 Å². The number of nitrogens with zero attached hydrogens (tertiary/aromatic N) is 2. The SMILES string of the molecule is CCOC(=O)c1nc2cccc(OC)n2c1Br. The van der Waals surface area contributed by atoms with Crippen molar-refractivity contribution in [2.24, 2.45) is 0 Å². The van der Waals surface area contributed by atoms with Gasteiger partial charge in [0.15, 0.2) is 11.6 Å². The number of halogens is 1. The Bertz CT molecular complexity index is 565. The van der Waals surface area contributed by atoms with Crippen LogP contribution in [0.25, 0.3) is 5.65 Å². The fourth-order valence-electron chi connectivity index (χ4n) is 1.52. The molecular weight excluding hydrogens is 288 g/mol. The van der Waals surface area contributed by atoms with Crippen molar-refractivity contribution < 1.29 is 14.3 Å². The minimum absolute atomic E-state index is 0.247. The lowest BCUT2D eigenvalue weighted by Gasteiger charge is -2.03. The number of esters is 1. The van der Waals surface area contributed by atoms with Gasteiger partial charge in [-0.25, -0.2) is 9.78 Å². The normalized spacial score (nSPS) is 10.5. The quantitative estimate of drug-likeness (QED) is 0.816. The number of rotatable bonds is 3. The van der Waals surface area contributed by atoms with Crippen LogP contribution in [0.3, 0.4) is 0 Å². The van der Waals surface area contributed by atoms with E-state index < -0.39 is 5.97 Å². The second-order valence-electron chi connectivity index (χ2n) is 3.23. The molecule has 0 aliphatic heterocycles. The van der Waals surface area contributed by atoms with Crippen LogP contribution in [0.15, 0.2) is 22.8 Å². The van der Waals surface area contributed by atoms with E-state index in [1.165, 1.54) is 0 Å². The third-order valence-electron chi connectivity index (χ3n) is 2.23. The molecule has 17 heavy (non-hydrogen) atoms. The van der Waals surface area contributed by atoms with Gasteiger partial charge in [0.25, 0.3) is 0 Å². The van der Waals surface area contributed by atoms with Gasteiger partial charge >= 0.3 is 5.97 Å². The van der Waals surface area contributed by atoms with Gasteiger partial charge in [-0.3, -0.25) is 4.40 Å². The molecule has 0 saturated heterocycles. The van der Waals surface area contributed by atoms with Crippen LogP contribution in [0.5, 0.6) is 5.88 Å². The third kappa shape index (κ3) is 2.00. The molecule has 90 valence electrons. The third-order valence-corrected chi connectivity index (χ3v) is 2.96. The highest BCUT2D eigenvalue weighted by Crippen LogP contribution is 2.25. The van der Waals surface area contributed by atoms with Gasteiger partial charge in [0.05, 0.1) is 13.7 Å². The first kappa shape index (κ1) is 11.9. The van der Waals surface area contributed by atoms with Crippen LogP contribution in [0.1, 0.15) is 17.4 Å². The van der Waals surface area contributed by atoms with Gasteiger partial charge in [-0.2, -0.15) is 0 Å². The average molecular weight is 299 g/mol. The molecule has 0 aliphatic rings. The predicted octanol–water partition coefficient (Wildman–Crippen LogP) is 2.28. The van der Waals surface area contributed by atoms with Crippen LogP contribution in [0.4, 0.5) is 0 Å². The monoisotopic (exact) mass is 298 g/mol. The first-order chi connectivity index (χ1) is 8.19. The highest BCUT2D eigenvalue weighted by atomic mass is 79.9. The van der Waals surface area contributed by atoms with Gasteiger partial charge < -0.3 is 9.47 Å². The molecule has 5 nitrogen and oxygen atoms in total. The Morgan fingerprint density at radius 1 is 1.53 bits per heavy atom. The van der Waals surface area contributed by atoms with Crippen molar-refractivity contribution >= 4 is 27.5 Å². The minimum atomic E-state index is -0.454. The molecule has 0 unspecified atom stereocenters. The number of ether oxygens (including phenoxy) is 2. The Morgan fingerprint density at radius 2 is 2.29 bits per heavy atom. The van der Waals surface area contributed by atoms with Crippen LogP contribution in [0, 0.1) is 0 Å². The molecule has 0 spiro atoms. The van der Waals surface area contributed by atoms with E-state index in [1.54, 1.807) is 30.6 Å². The summed E-state index contributed by atoms with van der Waals surface area (Å²) in [5, 5.41) is 0. The number of hydrogen-bond acceptors (Lipinski definition) is 4. The molecule has 2 heterocycles. The molecule has 0 atom stereocenters. The summed E-state index contributed by atoms with van der Waals surface area (Å²) >= 11 is 3.33. The number of imidazole rings is 1. The Kier molecular flexibility index (Phi) is 3.33. The molecule has 0 fully saturated rings. The highest BCUT2D eigenvalue weighted by Gasteiger charge is 2.19. The highest BCUT2D eigenvalue weighted by molar-refractivity contribution is 9.10. The summed E-state index contributed by atoms with van der Waals surface area (Å²) in [7, 11) is 1.56. The fourth-order valence-corrected chi connectivity index (χ4v) is 2.13. The van der Waals surface area contributed by atoms with Gasteiger partial charge in [-0.05, 0) is 35.0 Å². The van der Waals surface area contributed by atoms with Crippen molar-refractivity contribution in [1.82, 2.24) is 9.38 Å². The van der Waals surface area contributed by atoms with Gasteiger partial charge in [0.2, 0.25) is 0 Å².